The van der Waals surface area contributed by atoms with Gasteiger partial charge in [-0.3, -0.25) is 57.5 Å². The summed E-state index contributed by atoms with van der Waals surface area (Å²) in [6, 6.07) is -8.91. The van der Waals surface area contributed by atoms with Crippen LogP contribution in [0.5, 0.6) is 0 Å². The van der Waals surface area contributed by atoms with Crippen LogP contribution in [-0.4, -0.2) is 181 Å². The Bertz CT molecular complexity index is 2490. The largest absolute Gasteiger partial charge is 0.481 e. The quantitative estimate of drug-likeness (QED) is 0.0282. The average Bonchev–Trinajstić information content (AvgIpc) is 3.77. The summed E-state index contributed by atoms with van der Waals surface area (Å²) in [5.41, 5.74) is 22.7. The lowest BCUT2D eigenvalue weighted by atomic mass is 10.0. The van der Waals surface area contributed by atoms with E-state index >= 15 is 0 Å². The lowest BCUT2D eigenvalue weighted by Crippen LogP contribution is -2.62. The number of primary amides is 2. The van der Waals surface area contributed by atoms with Crippen LogP contribution in [0.3, 0.4) is 0 Å². The van der Waals surface area contributed by atoms with Crippen molar-refractivity contribution in [2.75, 3.05) is 13.2 Å². The number of carboxylic acids is 3. The van der Waals surface area contributed by atoms with Gasteiger partial charge in [0.25, 0.3) is 0 Å². The van der Waals surface area contributed by atoms with Gasteiger partial charge in [-0.1, -0.05) is 32.0 Å². The SMILES string of the molecule is CC(C)[C@H](NC(=O)[C@H](CC(=O)O)NC(=O)[C@H](Cc1c[nH]c2ccccc12)NC(=O)[C@H](CO)NC(=O)[C@@H](N)CCC(N)=O)C(=O)N[C@@H](CCC(N)=O)C(=O)N[C@H](C(=O)N[C@@H](CC(=O)O)C(=O)N[C@@H](CCCCN)C(=O)O)[C@@H](C)O. The van der Waals surface area contributed by atoms with Crippen molar-refractivity contribution < 1.29 is 87.9 Å². The van der Waals surface area contributed by atoms with Gasteiger partial charge in [-0.05, 0) is 63.1 Å². The van der Waals surface area contributed by atoms with Crippen LogP contribution in [-0.2, 0) is 68.7 Å². The number of H-pyrrole nitrogens is 1. The third-order valence-electron chi connectivity index (χ3n) is 11.8. The summed E-state index contributed by atoms with van der Waals surface area (Å²) in [5, 5.41) is 68.0. The first-order chi connectivity index (χ1) is 36.6. The summed E-state index contributed by atoms with van der Waals surface area (Å²) in [5.74, 6) is -16.9. The van der Waals surface area contributed by atoms with Gasteiger partial charge in [-0.2, -0.15) is 0 Å². The van der Waals surface area contributed by atoms with E-state index < -0.39 is 176 Å². The maximum absolute atomic E-state index is 14.2. The van der Waals surface area contributed by atoms with Crippen molar-refractivity contribution in [3.8, 4) is 0 Å². The van der Waals surface area contributed by atoms with Gasteiger partial charge in [0.2, 0.25) is 59.1 Å². The number of aliphatic carboxylic acids is 3. The normalized spacial score (nSPS) is 15.0. The Morgan fingerprint density at radius 1 is 0.551 bits per heavy atom. The highest BCUT2D eigenvalue weighted by atomic mass is 16.4. The Morgan fingerprint density at radius 2 is 1.01 bits per heavy atom. The van der Waals surface area contributed by atoms with E-state index in [0.29, 0.717) is 22.9 Å². The van der Waals surface area contributed by atoms with Crippen LogP contribution in [0.4, 0.5) is 0 Å². The third kappa shape index (κ3) is 22.1. The minimum atomic E-state index is -2.01. The molecule has 2 rings (SSSR count). The van der Waals surface area contributed by atoms with E-state index in [1.807, 2.05) is 0 Å². The maximum atomic E-state index is 14.2. The molecule has 1 aromatic heterocycles. The van der Waals surface area contributed by atoms with Crippen LogP contribution in [0.15, 0.2) is 30.5 Å². The highest BCUT2D eigenvalue weighted by Crippen LogP contribution is 2.20. The van der Waals surface area contributed by atoms with E-state index in [4.69, 9.17) is 22.9 Å². The Balaban J connectivity index is 2.43. The zero-order chi connectivity index (χ0) is 59.0. The van der Waals surface area contributed by atoms with Gasteiger partial charge >= 0.3 is 17.9 Å². The molecule has 22 N–H and O–H groups in total. The molecule has 0 saturated carbocycles. The number of rotatable bonds is 36. The number of carboxylic acid groups (broad SMARTS) is 3. The Hall–Kier alpha value is -8.29. The van der Waals surface area contributed by atoms with Gasteiger partial charge in [-0.15, -0.1) is 0 Å². The van der Waals surface area contributed by atoms with Crippen LogP contribution in [0, 0.1) is 5.92 Å². The van der Waals surface area contributed by atoms with Gasteiger partial charge in [-0.25, -0.2) is 4.79 Å². The van der Waals surface area contributed by atoms with Gasteiger partial charge in [0.1, 0.15) is 48.3 Å². The van der Waals surface area contributed by atoms with Crippen molar-refractivity contribution in [1.82, 2.24) is 47.5 Å². The standard InChI is InChI=1S/C47H71N13O18/c1-21(2)37(45(75)53-27(12-14-34(51)64)40(70)60-38(22(3)62)46(76)57-30(17-35(65)66)42(72)54-28(47(77)78)10-6-7-15-48)59-43(73)31(18-36(67)68)56-41(71)29(16-23-19-52-26-9-5-4-8-24(23)26)55-44(74)32(20-61)58-39(69)25(49)11-13-33(50)63/h4-5,8-9,19,21-22,25,27-32,37-38,52,61-62H,6-7,10-18,20,48-49H2,1-3H3,(H2,50,63)(H2,51,64)(H,53,75)(H,54,72)(H,55,74)(H,56,71)(H,57,76)(H,58,69)(H,59,73)(H,60,70)(H,65,66)(H,67,68)(H,77,78)/t22-,25+,27+,28+,29+,30+,31+,32+,37+,38+/m1/s1. The number of unbranched alkanes of at least 4 members (excludes halogenated alkanes) is 1. The maximum Gasteiger partial charge on any atom is 0.326 e. The molecule has 2 aromatic rings. The number of hydrogen-bond donors (Lipinski definition) is 18. The summed E-state index contributed by atoms with van der Waals surface area (Å²) in [7, 11) is 0. The first kappa shape index (κ1) is 65.8. The smallest absolute Gasteiger partial charge is 0.326 e. The van der Waals surface area contributed by atoms with Crippen LogP contribution >= 0.6 is 0 Å². The van der Waals surface area contributed by atoms with Crippen molar-refractivity contribution in [3.63, 3.8) is 0 Å². The predicted octanol–water partition coefficient (Wildman–Crippen LogP) is -6.36. The second kappa shape index (κ2) is 32.3. The molecule has 0 bridgehead atoms. The molecule has 0 saturated heterocycles. The first-order valence-electron chi connectivity index (χ1n) is 24.6. The predicted molar refractivity (Wildman–Crippen MR) is 271 cm³/mol. The highest BCUT2D eigenvalue weighted by molar-refractivity contribution is 6.00. The van der Waals surface area contributed by atoms with Crippen LogP contribution in [0.2, 0.25) is 0 Å². The molecule has 0 fully saturated rings. The fraction of sp³-hybridized carbons (Fsp3) is 0.553. The van der Waals surface area contributed by atoms with Gasteiger partial charge in [0.05, 0.1) is 31.6 Å². The lowest BCUT2D eigenvalue weighted by molar-refractivity contribution is -0.144. The Morgan fingerprint density at radius 3 is 1.55 bits per heavy atom. The summed E-state index contributed by atoms with van der Waals surface area (Å²) in [6.07, 6.45) is -3.94. The van der Waals surface area contributed by atoms with Crippen molar-refractivity contribution >= 4 is 87.9 Å². The molecule has 0 aliphatic carbocycles. The summed E-state index contributed by atoms with van der Waals surface area (Å²) in [4.78, 5) is 171. The highest BCUT2D eigenvalue weighted by Gasteiger charge is 2.38. The van der Waals surface area contributed by atoms with Crippen LogP contribution in [0.1, 0.15) is 84.1 Å². The summed E-state index contributed by atoms with van der Waals surface area (Å²) in [6.45, 7) is 3.04. The van der Waals surface area contributed by atoms with Gasteiger partial charge in [0.15, 0.2) is 0 Å². The number of hydrogen-bond acceptors (Lipinski definition) is 17. The number of aromatic nitrogens is 1. The molecule has 31 heteroatoms. The van der Waals surface area contributed by atoms with Crippen molar-refractivity contribution in [2.45, 2.75) is 145 Å². The van der Waals surface area contributed by atoms with Gasteiger partial charge < -0.3 is 96.0 Å². The number of fused-ring (bicyclic) bond motifs is 1. The Kier molecular flexibility index (Phi) is 27.3. The molecule has 1 heterocycles. The lowest BCUT2D eigenvalue weighted by Gasteiger charge is -2.29. The van der Waals surface area contributed by atoms with Crippen molar-refractivity contribution in [1.29, 1.82) is 0 Å². The molecule has 0 radical (unpaired) electrons. The number of aliphatic hydroxyl groups excluding tert-OH is 2. The second-order valence-electron chi connectivity index (χ2n) is 18.5. The van der Waals surface area contributed by atoms with Gasteiger partial charge in [0, 0.05) is 36.4 Å². The molecule has 432 valence electrons. The number of aromatic amines is 1. The summed E-state index contributed by atoms with van der Waals surface area (Å²) < 4.78 is 0. The minimum absolute atomic E-state index is 0.107. The van der Waals surface area contributed by atoms with E-state index in [0.717, 1.165) is 6.92 Å². The second-order valence-corrected chi connectivity index (χ2v) is 18.5. The topological polar surface area (TPSA) is 539 Å². The van der Waals surface area contributed by atoms with Crippen LogP contribution in [0.25, 0.3) is 10.9 Å². The fourth-order valence-corrected chi connectivity index (χ4v) is 7.49. The molecule has 1 aromatic carbocycles. The summed E-state index contributed by atoms with van der Waals surface area (Å²) >= 11 is 0. The molecule has 10 amide bonds. The Labute approximate surface area is 445 Å². The number of benzene rings is 1. The zero-order valence-corrected chi connectivity index (χ0v) is 43.1. The molecule has 0 spiro atoms. The monoisotopic (exact) mass is 1110 g/mol. The fourth-order valence-electron chi connectivity index (χ4n) is 7.49. The van der Waals surface area contributed by atoms with E-state index in [1.54, 1.807) is 24.3 Å². The number of nitrogens with one attached hydrogen (secondary N) is 9. The molecule has 10 atom stereocenters. The zero-order valence-electron chi connectivity index (χ0n) is 43.1. The van der Waals surface area contributed by atoms with Crippen LogP contribution < -0.4 is 65.5 Å². The molecule has 0 aliphatic heterocycles. The average molecular weight is 1110 g/mol. The number of carbonyl (C=O) groups excluding carboxylic acids is 10. The first-order valence-corrected chi connectivity index (χ1v) is 24.6. The number of carbonyl (C=O) groups is 13. The number of amides is 10. The number of para-hydroxylation sites is 1. The molecule has 0 aliphatic rings. The molecule has 0 unspecified atom stereocenters. The number of nitrogens with two attached hydrogens (primary N) is 4. The van der Waals surface area contributed by atoms with E-state index in [9.17, 15) is 87.9 Å². The third-order valence-corrected chi connectivity index (χ3v) is 11.8. The molecule has 31 nitrogen and oxygen atoms in total. The van der Waals surface area contributed by atoms with Crippen molar-refractivity contribution in [3.05, 3.63) is 36.0 Å². The van der Waals surface area contributed by atoms with E-state index in [2.05, 4.69) is 47.5 Å². The molecule has 78 heavy (non-hydrogen) atoms. The van der Waals surface area contributed by atoms with E-state index in [-0.39, 0.29) is 38.6 Å². The number of aliphatic hydroxyl groups is 2. The molecular formula is C47H71N13O18. The molecular weight excluding hydrogens is 1030 g/mol. The van der Waals surface area contributed by atoms with E-state index in [1.165, 1.54) is 20.0 Å². The van der Waals surface area contributed by atoms with Crippen molar-refractivity contribution in [2.24, 2.45) is 28.9 Å². The minimum Gasteiger partial charge on any atom is -0.481 e.